The fourth-order valence-electron chi connectivity index (χ4n) is 1.12. The molecule has 2 N–H and O–H groups in total. The number of aromatic nitrogens is 1. The Morgan fingerprint density at radius 3 is 3.00 bits per heavy atom. The summed E-state index contributed by atoms with van der Waals surface area (Å²) in [4.78, 5) is 15.3. The van der Waals surface area contributed by atoms with Gasteiger partial charge in [0.1, 0.15) is 16.6 Å². The molecule has 68 valence electrons. The average molecular weight is 203 g/mol. The van der Waals surface area contributed by atoms with E-state index in [-0.39, 0.29) is 5.69 Å². The van der Waals surface area contributed by atoms with Gasteiger partial charge in [0.25, 0.3) is 5.91 Å². The number of nitrogens with zero attached hydrogens (tertiary/aromatic N) is 2. The lowest BCUT2D eigenvalue weighted by Gasteiger charge is -1.92. The van der Waals surface area contributed by atoms with Crippen molar-refractivity contribution in [2.45, 2.75) is 0 Å². The van der Waals surface area contributed by atoms with E-state index in [4.69, 9.17) is 11.0 Å². The molecule has 5 heteroatoms. The Hall–Kier alpha value is -1.93. The van der Waals surface area contributed by atoms with Crippen molar-refractivity contribution in [3.63, 3.8) is 0 Å². The minimum atomic E-state index is -0.557. The van der Waals surface area contributed by atoms with Gasteiger partial charge in [0.15, 0.2) is 0 Å². The third-order valence-electron chi connectivity index (χ3n) is 1.76. The quantitative estimate of drug-likeness (QED) is 0.757. The Balaban J connectivity index is 2.66. The van der Waals surface area contributed by atoms with Crippen LogP contribution in [0.15, 0.2) is 18.3 Å². The summed E-state index contributed by atoms with van der Waals surface area (Å²) in [6.45, 7) is 0. The first-order valence-electron chi connectivity index (χ1n) is 3.80. The van der Waals surface area contributed by atoms with E-state index in [2.05, 4.69) is 4.98 Å². The highest BCUT2D eigenvalue weighted by molar-refractivity contribution is 7.19. The normalized spacial score (nSPS) is 9.93. The zero-order chi connectivity index (χ0) is 10.1. The molecule has 0 aliphatic heterocycles. The Morgan fingerprint density at radius 1 is 1.57 bits per heavy atom. The van der Waals surface area contributed by atoms with E-state index in [9.17, 15) is 4.79 Å². The summed E-state index contributed by atoms with van der Waals surface area (Å²) in [5.41, 5.74) is 5.31. The number of fused-ring (bicyclic) bond motifs is 1. The Morgan fingerprint density at radius 2 is 2.36 bits per heavy atom. The molecule has 2 rings (SSSR count). The van der Waals surface area contributed by atoms with Crippen molar-refractivity contribution in [3.8, 4) is 6.07 Å². The smallest absolute Gasteiger partial charge is 0.267 e. The number of nitrogens with two attached hydrogens (primary N) is 1. The van der Waals surface area contributed by atoms with Gasteiger partial charge >= 0.3 is 0 Å². The molecule has 0 fully saturated rings. The van der Waals surface area contributed by atoms with Crippen LogP contribution < -0.4 is 5.73 Å². The number of carbonyl (C=O) groups is 1. The molecule has 0 saturated carbocycles. The molecule has 0 unspecified atom stereocenters. The molecule has 14 heavy (non-hydrogen) atoms. The first-order chi connectivity index (χ1) is 6.70. The Bertz CT molecular complexity index is 553. The zero-order valence-electron chi connectivity index (χ0n) is 7.02. The standard InChI is InChI=1S/C9H5N3OS/c10-3-6-1-5-4-12-7(9(11)13)2-8(5)14-6/h1-2,4H,(H2,11,13). The molecule has 0 aliphatic rings. The number of amides is 1. The lowest BCUT2D eigenvalue weighted by Crippen LogP contribution is -2.12. The third kappa shape index (κ3) is 1.32. The first kappa shape index (κ1) is 8.66. The second-order valence-electron chi connectivity index (χ2n) is 2.69. The van der Waals surface area contributed by atoms with E-state index in [0.29, 0.717) is 4.88 Å². The Kier molecular flexibility index (Phi) is 1.91. The highest BCUT2D eigenvalue weighted by Gasteiger charge is 2.06. The minimum absolute atomic E-state index is 0.226. The van der Waals surface area contributed by atoms with Gasteiger partial charge in [0, 0.05) is 16.3 Å². The van der Waals surface area contributed by atoms with Crippen LogP contribution in [0.4, 0.5) is 0 Å². The van der Waals surface area contributed by atoms with Crippen molar-refractivity contribution >= 4 is 27.3 Å². The van der Waals surface area contributed by atoms with Gasteiger partial charge in [-0.25, -0.2) is 0 Å². The van der Waals surface area contributed by atoms with Gasteiger partial charge < -0.3 is 5.73 Å². The van der Waals surface area contributed by atoms with Gasteiger partial charge in [-0.1, -0.05) is 0 Å². The van der Waals surface area contributed by atoms with Gasteiger partial charge in [-0.05, 0) is 12.1 Å². The van der Waals surface area contributed by atoms with Crippen LogP contribution in [0.25, 0.3) is 10.1 Å². The van der Waals surface area contributed by atoms with Crippen LogP contribution in [-0.4, -0.2) is 10.9 Å². The van der Waals surface area contributed by atoms with Crippen LogP contribution in [0.2, 0.25) is 0 Å². The molecule has 0 radical (unpaired) electrons. The molecule has 4 nitrogen and oxygen atoms in total. The molecule has 0 saturated heterocycles. The number of pyridine rings is 1. The topological polar surface area (TPSA) is 79.8 Å². The summed E-state index contributed by atoms with van der Waals surface area (Å²) in [5.74, 6) is -0.557. The van der Waals surface area contributed by atoms with E-state index in [1.165, 1.54) is 11.3 Å². The second kappa shape index (κ2) is 3.09. The molecular weight excluding hydrogens is 198 g/mol. The third-order valence-corrected chi connectivity index (χ3v) is 2.77. The van der Waals surface area contributed by atoms with Gasteiger partial charge in [-0.15, -0.1) is 11.3 Å². The van der Waals surface area contributed by atoms with Crippen molar-refractivity contribution in [2.75, 3.05) is 0 Å². The predicted octanol–water partition coefficient (Wildman–Crippen LogP) is 1.27. The van der Waals surface area contributed by atoms with Crippen LogP contribution in [-0.2, 0) is 0 Å². The molecule has 2 aromatic rings. The van der Waals surface area contributed by atoms with E-state index in [1.54, 1.807) is 18.3 Å². The molecule has 0 aromatic carbocycles. The SMILES string of the molecule is N#Cc1cc2cnc(C(N)=O)cc2s1. The van der Waals surface area contributed by atoms with Crippen LogP contribution in [0.3, 0.4) is 0 Å². The number of hydrogen-bond donors (Lipinski definition) is 1. The van der Waals surface area contributed by atoms with Crippen LogP contribution in [0, 0.1) is 11.3 Å². The molecule has 1 amide bonds. The van der Waals surface area contributed by atoms with Gasteiger partial charge in [-0.2, -0.15) is 5.26 Å². The fraction of sp³-hybridized carbons (Fsp3) is 0. The summed E-state index contributed by atoms with van der Waals surface area (Å²) >= 11 is 1.32. The van der Waals surface area contributed by atoms with Crippen molar-refractivity contribution < 1.29 is 4.79 Å². The molecule has 2 aromatic heterocycles. The highest BCUT2D eigenvalue weighted by atomic mass is 32.1. The van der Waals surface area contributed by atoms with E-state index < -0.39 is 5.91 Å². The lowest BCUT2D eigenvalue weighted by molar-refractivity contribution is 0.0996. The first-order valence-corrected chi connectivity index (χ1v) is 4.62. The molecule has 0 spiro atoms. The molecule has 0 atom stereocenters. The summed E-state index contributed by atoms with van der Waals surface area (Å²) < 4.78 is 0.852. The maximum Gasteiger partial charge on any atom is 0.267 e. The summed E-state index contributed by atoms with van der Waals surface area (Å²) in [6.07, 6.45) is 1.55. The van der Waals surface area contributed by atoms with Crippen molar-refractivity contribution in [2.24, 2.45) is 5.73 Å². The minimum Gasteiger partial charge on any atom is -0.364 e. The number of primary amides is 1. The number of carbonyl (C=O) groups excluding carboxylic acids is 1. The highest BCUT2D eigenvalue weighted by Crippen LogP contribution is 2.24. The van der Waals surface area contributed by atoms with Crippen LogP contribution >= 0.6 is 11.3 Å². The largest absolute Gasteiger partial charge is 0.364 e. The number of hydrogen-bond acceptors (Lipinski definition) is 4. The van der Waals surface area contributed by atoms with Crippen LogP contribution in [0.1, 0.15) is 15.4 Å². The summed E-state index contributed by atoms with van der Waals surface area (Å²) in [6, 6.07) is 5.37. The monoisotopic (exact) mass is 203 g/mol. The summed E-state index contributed by atoms with van der Waals surface area (Å²) in [7, 11) is 0. The number of rotatable bonds is 1. The van der Waals surface area contributed by atoms with Crippen molar-refractivity contribution in [3.05, 3.63) is 28.9 Å². The van der Waals surface area contributed by atoms with E-state index in [1.807, 2.05) is 6.07 Å². The van der Waals surface area contributed by atoms with E-state index >= 15 is 0 Å². The molecular formula is C9H5N3OS. The summed E-state index contributed by atoms with van der Waals surface area (Å²) in [5, 5.41) is 9.52. The maximum absolute atomic E-state index is 10.8. The molecule has 0 bridgehead atoms. The van der Waals surface area contributed by atoms with Gasteiger partial charge in [0.05, 0.1) is 0 Å². The lowest BCUT2D eigenvalue weighted by atomic mass is 10.3. The van der Waals surface area contributed by atoms with Crippen LogP contribution in [0.5, 0.6) is 0 Å². The van der Waals surface area contributed by atoms with Gasteiger partial charge in [-0.3, -0.25) is 9.78 Å². The van der Waals surface area contributed by atoms with Crippen molar-refractivity contribution in [1.29, 1.82) is 5.26 Å². The fourth-order valence-corrected chi connectivity index (χ4v) is 1.99. The maximum atomic E-state index is 10.8. The zero-order valence-corrected chi connectivity index (χ0v) is 7.84. The average Bonchev–Trinajstić information content (AvgIpc) is 2.58. The Labute approximate surface area is 83.6 Å². The van der Waals surface area contributed by atoms with Crippen molar-refractivity contribution in [1.82, 2.24) is 4.98 Å². The van der Waals surface area contributed by atoms with E-state index in [0.717, 1.165) is 10.1 Å². The molecule has 2 heterocycles. The number of thiophene rings is 1. The van der Waals surface area contributed by atoms with Gasteiger partial charge in [0.2, 0.25) is 0 Å². The predicted molar refractivity (Wildman–Crippen MR) is 52.9 cm³/mol. The molecule has 0 aliphatic carbocycles. The number of nitriles is 1. The second-order valence-corrected chi connectivity index (χ2v) is 3.78.